The third-order valence-electron chi connectivity index (χ3n) is 4.30. The SMILES string of the molecule is C=C(C)CC(CC)=C(C)C.C=C/C=C(C=C)\C=C/C.CC.Cc1ccc(C(C)C)cc1. The molecular formula is C31H50. The summed E-state index contributed by atoms with van der Waals surface area (Å²) in [6, 6.07) is 8.71. The van der Waals surface area contributed by atoms with Gasteiger partial charge < -0.3 is 0 Å². The van der Waals surface area contributed by atoms with Gasteiger partial charge in [0.15, 0.2) is 0 Å². The van der Waals surface area contributed by atoms with Crippen molar-refractivity contribution in [2.24, 2.45) is 0 Å². The Morgan fingerprint density at radius 2 is 1.52 bits per heavy atom. The van der Waals surface area contributed by atoms with E-state index in [0.717, 1.165) is 18.4 Å². The lowest BCUT2D eigenvalue weighted by Gasteiger charge is -2.05. The molecule has 0 bridgehead atoms. The van der Waals surface area contributed by atoms with Gasteiger partial charge in [-0.15, -0.1) is 0 Å². The molecule has 174 valence electrons. The largest absolute Gasteiger partial charge is 0.0998 e. The van der Waals surface area contributed by atoms with Gasteiger partial charge in [0.05, 0.1) is 0 Å². The predicted molar refractivity (Wildman–Crippen MR) is 148 cm³/mol. The van der Waals surface area contributed by atoms with E-state index in [1.165, 1.54) is 27.8 Å². The highest BCUT2D eigenvalue weighted by atomic mass is 14.0. The highest BCUT2D eigenvalue weighted by Crippen LogP contribution is 2.16. The Balaban J connectivity index is -0.000000365. The van der Waals surface area contributed by atoms with Gasteiger partial charge in [-0.3, -0.25) is 0 Å². The molecule has 1 rings (SSSR count). The number of hydrogen-bond acceptors (Lipinski definition) is 0. The second kappa shape index (κ2) is 22.3. The van der Waals surface area contributed by atoms with Gasteiger partial charge in [0.2, 0.25) is 0 Å². The van der Waals surface area contributed by atoms with E-state index in [4.69, 9.17) is 0 Å². The van der Waals surface area contributed by atoms with Gasteiger partial charge >= 0.3 is 0 Å². The Labute approximate surface area is 195 Å². The maximum atomic E-state index is 3.89. The van der Waals surface area contributed by atoms with Gasteiger partial charge in [0.25, 0.3) is 0 Å². The van der Waals surface area contributed by atoms with E-state index in [1.807, 2.05) is 39.0 Å². The molecule has 0 heteroatoms. The fraction of sp³-hybridized carbons (Fsp3) is 0.419. The molecule has 0 unspecified atom stereocenters. The minimum Gasteiger partial charge on any atom is -0.0998 e. The molecule has 0 aliphatic carbocycles. The summed E-state index contributed by atoms with van der Waals surface area (Å²) < 4.78 is 0. The summed E-state index contributed by atoms with van der Waals surface area (Å²) in [5.74, 6) is 0.653. The topological polar surface area (TPSA) is 0 Å². The molecule has 0 heterocycles. The monoisotopic (exact) mass is 422 g/mol. The van der Waals surface area contributed by atoms with Crippen molar-refractivity contribution in [2.45, 2.75) is 88.0 Å². The average Bonchev–Trinajstić information content (AvgIpc) is 2.74. The van der Waals surface area contributed by atoms with Crippen molar-refractivity contribution < 1.29 is 0 Å². The number of benzene rings is 1. The lowest BCUT2D eigenvalue weighted by Crippen LogP contribution is -1.85. The van der Waals surface area contributed by atoms with Crippen molar-refractivity contribution in [3.63, 3.8) is 0 Å². The lowest BCUT2D eigenvalue weighted by atomic mass is 10.0. The van der Waals surface area contributed by atoms with Crippen molar-refractivity contribution in [1.82, 2.24) is 0 Å². The zero-order valence-corrected chi connectivity index (χ0v) is 22.3. The minimum absolute atomic E-state index is 0.653. The molecule has 0 aromatic heterocycles. The van der Waals surface area contributed by atoms with Crippen LogP contribution in [0.25, 0.3) is 0 Å². The van der Waals surface area contributed by atoms with E-state index in [-0.39, 0.29) is 0 Å². The van der Waals surface area contributed by atoms with E-state index in [0.29, 0.717) is 5.92 Å². The maximum absolute atomic E-state index is 3.89. The quantitative estimate of drug-likeness (QED) is 0.303. The zero-order chi connectivity index (χ0) is 24.8. The van der Waals surface area contributed by atoms with E-state index >= 15 is 0 Å². The van der Waals surface area contributed by atoms with E-state index < -0.39 is 0 Å². The Hall–Kier alpha value is -2.34. The predicted octanol–water partition coefficient (Wildman–Crippen LogP) is 10.7. The molecule has 0 atom stereocenters. The van der Waals surface area contributed by atoms with Gasteiger partial charge in [-0.25, -0.2) is 0 Å². The summed E-state index contributed by atoms with van der Waals surface area (Å²) in [6.07, 6.45) is 11.6. The fourth-order valence-electron chi connectivity index (χ4n) is 2.49. The first-order chi connectivity index (χ1) is 14.6. The molecule has 0 aliphatic heterocycles. The van der Waals surface area contributed by atoms with Crippen LogP contribution in [-0.4, -0.2) is 0 Å². The molecule has 0 radical (unpaired) electrons. The maximum Gasteiger partial charge on any atom is -0.0112 e. The molecule has 0 nitrogen and oxygen atoms in total. The Bertz CT molecular complexity index is 684. The second-order valence-electron chi connectivity index (χ2n) is 7.76. The molecule has 0 saturated carbocycles. The first-order valence-corrected chi connectivity index (χ1v) is 11.6. The summed E-state index contributed by atoms with van der Waals surface area (Å²) >= 11 is 0. The van der Waals surface area contributed by atoms with Crippen LogP contribution in [-0.2, 0) is 0 Å². The van der Waals surface area contributed by atoms with Gasteiger partial charge in [-0.2, -0.15) is 0 Å². The molecule has 1 aromatic carbocycles. The molecule has 0 spiro atoms. The Kier molecular flexibility index (Phi) is 24.0. The molecular weight excluding hydrogens is 372 g/mol. The summed E-state index contributed by atoms with van der Waals surface area (Å²) in [5, 5.41) is 0. The van der Waals surface area contributed by atoms with Crippen molar-refractivity contribution in [3.8, 4) is 0 Å². The van der Waals surface area contributed by atoms with Crippen LogP contribution in [0.15, 0.2) is 96.7 Å². The Morgan fingerprint density at radius 1 is 1.00 bits per heavy atom. The summed E-state index contributed by atoms with van der Waals surface area (Å²) in [4.78, 5) is 0. The fourth-order valence-corrected chi connectivity index (χ4v) is 2.49. The number of rotatable bonds is 7. The third-order valence-corrected chi connectivity index (χ3v) is 4.30. The van der Waals surface area contributed by atoms with Crippen LogP contribution >= 0.6 is 0 Å². The van der Waals surface area contributed by atoms with Crippen molar-refractivity contribution in [1.29, 1.82) is 0 Å². The van der Waals surface area contributed by atoms with Crippen LogP contribution in [0.3, 0.4) is 0 Å². The van der Waals surface area contributed by atoms with Crippen molar-refractivity contribution in [3.05, 3.63) is 108 Å². The van der Waals surface area contributed by atoms with Gasteiger partial charge in [0, 0.05) is 0 Å². The van der Waals surface area contributed by atoms with Crippen LogP contribution in [0.4, 0.5) is 0 Å². The molecule has 0 aliphatic rings. The normalized spacial score (nSPS) is 9.97. The second-order valence-corrected chi connectivity index (χ2v) is 7.76. The van der Waals surface area contributed by atoms with Crippen LogP contribution in [0.1, 0.15) is 92.2 Å². The smallest absolute Gasteiger partial charge is 0.0112 e. The molecule has 0 N–H and O–H groups in total. The molecule has 0 fully saturated rings. The molecule has 1 aromatic rings. The van der Waals surface area contributed by atoms with Crippen LogP contribution in [0.2, 0.25) is 0 Å². The van der Waals surface area contributed by atoms with E-state index in [1.54, 1.807) is 12.2 Å². The first kappa shape index (κ1) is 33.3. The van der Waals surface area contributed by atoms with Crippen LogP contribution in [0, 0.1) is 6.92 Å². The lowest BCUT2D eigenvalue weighted by molar-refractivity contribution is 0.866. The van der Waals surface area contributed by atoms with Crippen LogP contribution in [0.5, 0.6) is 0 Å². The van der Waals surface area contributed by atoms with Crippen molar-refractivity contribution >= 4 is 0 Å². The van der Waals surface area contributed by atoms with E-state index in [2.05, 4.69) is 92.5 Å². The zero-order valence-electron chi connectivity index (χ0n) is 22.3. The number of hydrogen-bond donors (Lipinski definition) is 0. The number of allylic oxidation sites excluding steroid dienone is 9. The summed E-state index contributed by atoms with van der Waals surface area (Å²) in [5.41, 5.74) is 8.10. The molecule has 0 amide bonds. The Morgan fingerprint density at radius 3 is 1.77 bits per heavy atom. The van der Waals surface area contributed by atoms with Crippen LogP contribution < -0.4 is 0 Å². The summed E-state index contributed by atoms with van der Waals surface area (Å²) in [7, 11) is 0. The molecule has 31 heavy (non-hydrogen) atoms. The standard InChI is InChI=1S/C10H14.C10H18.C9H12.C2H6/c1-8(2)10-6-4-9(3)5-7-10;1-6-10(9(4)5)7-8(2)3;1-4-7-9(6-3)8-5-2;1-2/h4-8H,1-3H3;2,6-7H2,1,3-5H3;4-8H,1,3H2,2H3;1-2H3/b;;8-5-,9-7-;. The van der Waals surface area contributed by atoms with Gasteiger partial charge in [-0.1, -0.05) is 131 Å². The summed E-state index contributed by atoms with van der Waals surface area (Å²) in [6.45, 7) is 32.2. The minimum atomic E-state index is 0.653. The van der Waals surface area contributed by atoms with E-state index in [9.17, 15) is 0 Å². The van der Waals surface area contributed by atoms with Gasteiger partial charge in [-0.05, 0) is 64.5 Å². The highest BCUT2D eigenvalue weighted by Gasteiger charge is 1.96. The first-order valence-electron chi connectivity index (χ1n) is 11.6. The average molecular weight is 423 g/mol. The third kappa shape index (κ3) is 20.7. The van der Waals surface area contributed by atoms with Gasteiger partial charge in [0.1, 0.15) is 0 Å². The number of aryl methyl sites for hydroxylation is 1. The highest BCUT2D eigenvalue weighted by molar-refractivity contribution is 5.31. The molecule has 0 saturated heterocycles. The van der Waals surface area contributed by atoms with Crippen molar-refractivity contribution in [2.75, 3.05) is 0 Å².